The molecule has 0 spiro atoms. The van der Waals surface area contributed by atoms with Gasteiger partial charge in [-0.25, -0.2) is 5.48 Å². The number of guanidine groups is 1. The SMILES string of the molecule is C=O.CN=C(N)NOC(C)(C)C.COc1ccc(CC=O)cc1OC.COc1ccc(CNC(=O)CCc2ccccc2)cc1. The molecule has 0 heterocycles. The molecule has 0 saturated carbocycles. The van der Waals surface area contributed by atoms with E-state index < -0.39 is 0 Å². The number of carbonyl (C=O) groups excluding carboxylic acids is 3. The molecule has 3 aromatic carbocycles. The van der Waals surface area contributed by atoms with Gasteiger partial charge in [0.2, 0.25) is 11.9 Å². The Bertz CT molecular complexity index is 1260. The van der Waals surface area contributed by atoms with Crippen LogP contribution in [0, 0.1) is 0 Å². The molecule has 0 bridgehead atoms. The Labute approximate surface area is 267 Å². The van der Waals surface area contributed by atoms with E-state index in [0.717, 1.165) is 29.6 Å². The first-order valence-electron chi connectivity index (χ1n) is 14.1. The quantitative estimate of drug-likeness (QED) is 0.122. The Morgan fingerprint density at radius 2 is 1.47 bits per heavy atom. The lowest BCUT2D eigenvalue weighted by molar-refractivity contribution is -0.121. The summed E-state index contributed by atoms with van der Waals surface area (Å²) in [6.07, 6.45) is 2.55. The maximum Gasteiger partial charge on any atom is 0.220 e. The lowest BCUT2D eigenvalue weighted by atomic mass is 10.1. The van der Waals surface area contributed by atoms with Crippen LogP contribution in [0.5, 0.6) is 17.2 Å². The van der Waals surface area contributed by atoms with E-state index in [0.29, 0.717) is 30.9 Å². The van der Waals surface area contributed by atoms with E-state index in [1.54, 1.807) is 40.5 Å². The number of methoxy groups -OCH3 is 3. The second-order valence-corrected chi connectivity index (χ2v) is 10.1. The highest BCUT2D eigenvalue weighted by Crippen LogP contribution is 2.27. The van der Waals surface area contributed by atoms with Gasteiger partial charge in [0.05, 0.1) is 26.9 Å². The van der Waals surface area contributed by atoms with Crippen LogP contribution in [0.25, 0.3) is 0 Å². The van der Waals surface area contributed by atoms with E-state index in [2.05, 4.69) is 15.8 Å². The van der Waals surface area contributed by atoms with Gasteiger partial charge in [-0.3, -0.25) is 14.6 Å². The minimum Gasteiger partial charge on any atom is -0.497 e. The molecule has 0 aliphatic heterocycles. The molecule has 1 amide bonds. The zero-order chi connectivity index (χ0) is 34.1. The van der Waals surface area contributed by atoms with Crippen LogP contribution in [0.1, 0.15) is 43.9 Å². The second kappa shape index (κ2) is 23.5. The molecule has 246 valence electrons. The number of rotatable bonds is 11. The number of nitrogens with zero attached hydrogens (tertiary/aromatic N) is 1. The Morgan fingerprint density at radius 1 is 0.867 bits per heavy atom. The molecule has 3 rings (SSSR count). The Balaban J connectivity index is 0.000000672. The number of hydroxylamine groups is 1. The topological polar surface area (TPSA) is 151 Å². The summed E-state index contributed by atoms with van der Waals surface area (Å²) in [5.41, 5.74) is 10.7. The molecule has 0 radical (unpaired) electrons. The van der Waals surface area contributed by atoms with Crippen molar-refractivity contribution in [3.63, 3.8) is 0 Å². The average Bonchev–Trinajstić information content (AvgIpc) is 3.07. The summed E-state index contributed by atoms with van der Waals surface area (Å²) in [6.45, 7) is 8.31. The van der Waals surface area contributed by atoms with E-state index in [-0.39, 0.29) is 17.5 Å². The third-order valence-electron chi connectivity index (χ3n) is 5.60. The number of benzene rings is 3. The highest BCUT2D eigenvalue weighted by molar-refractivity contribution is 5.76. The summed E-state index contributed by atoms with van der Waals surface area (Å²) in [5, 5.41) is 2.93. The highest BCUT2D eigenvalue weighted by atomic mass is 16.7. The zero-order valence-corrected chi connectivity index (χ0v) is 27.4. The predicted octanol–water partition coefficient (Wildman–Crippen LogP) is 4.46. The van der Waals surface area contributed by atoms with Crippen molar-refractivity contribution in [2.24, 2.45) is 10.7 Å². The van der Waals surface area contributed by atoms with Crippen LogP contribution in [-0.2, 0) is 38.6 Å². The maximum absolute atomic E-state index is 11.8. The van der Waals surface area contributed by atoms with Crippen molar-refractivity contribution in [1.82, 2.24) is 10.8 Å². The summed E-state index contributed by atoms with van der Waals surface area (Å²) in [6, 6.07) is 23.2. The molecule has 0 saturated heterocycles. The smallest absolute Gasteiger partial charge is 0.220 e. The average molecular weight is 625 g/mol. The fraction of sp³-hybridized carbons (Fsp3) is 0.353. The van der Waals surface area contributed by atoms with Crippen molar-refractivity contribution < 1.29 is 33.4 Å². The molecular weight excluding hydrogens is 576 g/mol. The normalized spacial score (nSPS) is 10.2. The number of aryl methyl sites for hydroxylation is 1. The summed E-state index contributed by atoms with van der Waals surface area (Å²) in [7, 11) is 6.38. The van der Waals surface area contributed by atoms with Crippen LogP contribution in [0.15, 0.2) is 77.8 Å². The first-order valence-corrected chi connectivity index (χ1v) is 14.1. The van der Waals surface area contributed by atoms with Gasteiger partial charge < -0.3 is 34.9 Å². The number of carbonyl (C=O) groups is 3. The van der Waals surface area contributed by atoms with Gasteiger partial charge in [0, 0.05) is 26.4 Å². The molecule has 11 nitrogen and oxygen atoms in total. The van der Waals surface area contributed by atoms with Crippen LogP contribution in [0.2, 0.25) is 0 Å². The summed E-state index contributed by atoms with van der Waals surface area (Å²) < 4.78 is 15.2. The van der Waals surface area contributed by atoms with Crippen molar-refractivity contribution >= 4 is 24.9 Å². The Kier molecular flexibility index (Phi) is 21.0. The van der Waals surface area contributed by atoms with E-state index >= 15 is 0 Å². The van der Waals surface area contributed by atoms with Gasteiger partial charge in [-0.15, -0.1) is 0 Å². The van der Waals surface area contributed by atoms with Gasteiger partial charge in [0.25, 0.3) is 0 Å². The van der Waals surface area contributed by atoms with Crippen molar-refractivity contribution in [3.8, 4) is 17.2 Å². The third kappa shape index (κ3) is 19.1. The summed E-state index contributed by atoms with van der Waals surface area (Å²) in [4.78, 5) is 38.8. The fourth-order valence-electron chi connectivity index (χ4n) is 3.29. The molecule has 3 aromatic rings. The number of nitrogens with one attached hydrogen (secondary N) is 2. The molecule has 0 aliphatic rings. The van der Waals surface area contributed by atoms with E-state index in [4.69, 9.17) is 29.6 Å². The van der Waals surface area contributed by atoms with Crippen LogP contribution in [0.4, 0.5) is 0 Å². The van der Waals surface area contributed by atoms with E-state index in [1.807, 2.05) is 88.2 Å². The minimum atomic E-state index is -0.241. The molecule has 4 N–H and O–H groups in total. The van der Waals surface area contributed by atoms with Gasteiger partial charge in [-0.05, 0) is 68.1 Å². The lowest BCUT2D eigenvalue weighted by Crippen LogP contribution is -2.38. The zero-order valence-electron chi connectivity index (χ0n) is 27.4. The Morgan fingerprint density at radius 3 is 1.98 bits per heavy atom. The number of nitrogens with two attached hydrogens (primary N) is 1. The predicted molar refractivity (Wildman–Crippen MR) is 178 cm³/mol. The van der Waals surface area contributed by atoms with Gasteiger partial charge >= 0.3 is 0 Å². The summed E-state index contributed by atoms with van der Waals surface area (Å²) >= 11 is 0. The molecule has 0 aromatic heterocycles. The molecule has 0 atom stereocenters. The first-order chi connectivity index (χ1) is 21.5. The number of amides is 1. The van der Waals surface area contributed by atoms with Gasteiger partial charge in [0.1, 0.15) is 18.8 Å². The lowest BCUT2D eigenvalue weighted by Gasteiger charge is -2.18. The second-order valence-electron chi connectivity index (χ2n) is 10.1. The monoisotopic (exact) mass is 624 g/mol. The standard InChI is InChI=1S/C17H19NO2.C10H12O3.C6H15N3O.CH2O/c1-20-16-10-7-15(8-11-16)13-18-17(19)12-9-14-5-3-2-4-6-14;1-12-9-4-3-8(5-6-11)7-10(9)13-2;1-6(2,3)10-9-5(7)8-4;1-2/h2-8,10-11H,9,12-13H2,1H3,(H,18,19);3-4,6-7H,5H2,1-2H3;1-4H3,(H3,7,8,9);1H2. The molecule has 45 heavy (non-hydrogen) atoms. The molecular formula is C34H48N4O7. The maximum atomic E-state index is 11.8. The molecule has 0 aliphatic carbocycles. The number of hydrogen-bond acceptors (Lipinski definition) is 8. The Hall–Kier alpha value is -4.90. The number of ether oxygens (including phenoxy) is 3. The van der Waals surface area contributed by atoms with Crippen molar-refractivity contribution in [2.45, 2.75) is 52.2 Å². The van der Waals surface area contributed by atoms with E-state index in [9.17, 15) is 9.59 Å². The number of aldehydes is 1. The molecule has 11 heteroatoms. The first kappa shape index (κ1) is 40.1. The highest BCUT2D eigenvalue weighted by Gasteiger charge is 2.10. The van der Waals surface area contributed by atoms with Crippen molar-refractivity contribution in [3.05, 3.63) is 89.5 Å². The molecule has 0 unspecified atom stereocenters. The van der Waals surface area contributed by atoms with Gasteiger partial charge in [-0.1, -0.05) is 48.5 Å². The largest absolute Gasteiger partial charge is 0.497 e. The van der Waals surface area contributed by atoms with E-state index in [1.165, 1.54) is 5.56 Å². The van der Waals surface area contributed by atoms with Gasteiger partial charge in [0.15, 0.2) is 11.5 Å². The summed E-state index contributed by atoms with van der Waals surface area (Å²) in [5.74, 6) is 2.52. The number of hydrogen-bond donors (Lipinski definition) is 3. The van der Waals surface area contributed by atoms with Crippen LogP contribution >= 0.6 is 0 Å². The van der Waals surface area contributed by atoms with Crippen molar-refractivity contribution in [2.75, 3.05) is 28.4 Å². The van der Waals surface area contributed by atoms with Crippen LogP contribution < -0.4 is 30.7 Å². The van der Waals surface area contributed by atoms with Crippen molar-refractivity contribution in [1.29, 1.82) is 0 Å². The van der Waals surface area contributed by atoms with Crippen LogP contribution in [0.3, 0.4) is 0 Å². The van der Waals surface area contributed by atoms with Crippen LogP contribution in [-0.4, -0.2) is 58.9 Å². The van der Waals surface area contributed by atoms with Gasteiger partial charge in [-0.2, -0.15) is 0 Å². The number of aliphatic imine (C=N–C) groups is 1. The third-order valence-corrected chi connectivity index (χ3v) is 5.60. The minimum absolute atomic E-state index is 0.0738. The molecule has 0 fully saturated rings. The fourth-order valence-corrected chi connectivity index (χ4v) is 3.29.